The molecule has 408 valence electrons. The van der Waals surface area contributed by atoms with Crippen molar-refractivity contribution in [2.24, 2.45) is 0 Å². The average molecular weight is 1040 g/mol. The van der Waals surface area contributed by atoms with Gasteiger partial charge >= 0.3 is 0 Å². The smallest absolute Gasteiger partial charge is 0.211 e. The van der Waals surface area contributed by atoms with Gasteiger partial charge in [0.15, 0.2) is 0 Å². The Morgan fingerprint density at radius 1 is 0.315 bits per heavy atom. The Morgan fingerprint density at radius 2 is 0.562 bits per heavy atom. The number of aryl methyl sites for hydroxylation is 4. The van der Waals surface area contributed by atoms with Crippen LogP contribution < -0.4 is 0 Å². The van der Waals surface area contributed by atoms with E-state index in [1.165, 1.54) is 199 Å². The molecule has 0 aromatic heterocycles. The van der Waals surface area contributed by atoms with E-state index in [0.29, 0.717) is 11.5 Å². The number of benzene rings is 4. The zero-order valence-electron chi connectivity index (χ0n) is 47.4. The second kappa shape index (κ2) is 42.3. The first-order chi connectivity index (χ1) is 35.3. The molecule has 4 nitrogen and oxygen atoms in total. The first-order valence-corrected chi connectivity index (χ1v) is 30.0. The van der Waals surface area contributed by atoms with Crippen LogP contribution in [-0.4, -0.2) is 14.9 Å². The molecule has 0 bridgehead atoms. The van der Waals surface area contributed by atoms with Crippen LogP contribution in [0.4, 0.5) is 0 Å². The topological polar surface area (TPSA) is 65.8 Å². The van der Waals surface area contributed by atoms with Gasteiger partial charge < -0.3 is 15.7 Å². The molecule has 0 fully saturated rings. The summed E-state index contributed by atoms with van der Waals surface area (Å²) in [6.45, 7) is 13.9. The Balaban J connectivity index is 0.00000104. The summed E-state index contributed by atoms with van der Waals surface area (Å²) in [5, 5.41) is 17.3. The van der Waals surface area contributed by atoms with Crippen LogP contribution in [0.15, 0.2) is 108 Å². The van der Waals surface area contributed by atoms with Crippen molar-refractivity contribution in [2.45, 2.75) is 260 Å². The third kappa shape index (κ3) is 27.4. The summed E-state index contributed by atoms with van der Waals surface area (Å²) in [7, 11) is 0. The van der Waals surface area contributed by atoms with Crippen LogP contribution in [0.25, 0.3) is 16.9 Å². The Bertz CT molecular complexity index is 1860. The summed E-state index contributed by atoms with van der Waals surface area (Å²) < 4.78 is 1.70. The number of unbranched alkanes of at least 4 members (excludes halogenated alkanes) is 22. The predicted octanol–water partition coefficient (Wildman–Crippen LogP) is 21.6. The first-order valence-electron chi connectivity index (χ1n) is 30.0. The van der Waals surface area contributed by atoms with Gasteiger partial charge in [0.1, 0.15) is 11.5 Å². The van der Waals surface area contributed by atoms with Crippen molar-refractivity contribution in [1.29, 1.82) is 0 Å². The van der Waals surface area contributed by atoms with Crippen LogP contribution in [0.1, 0.15) is 268 Å². The molecule has 4 aromatic rings. The molecule has 0 unspecified atom stereocenters. The van der Waals surface area contributed by atoms with Crippen molar-refractivity contribution >= 4 is 11.4 Å². The monoisotopic (exact) mass is 1040 g/mol. The Hall–Kier alpha value is -3.95. The maximum absolute atomic E-state index is 12.8. The van der Waals surface area contributed by atoms with Crippen LogP contribution >= 0.6 is 0 Å². The molecule has 1 aliphatic heterocycles. The van der Waals surface area contributed by atoms with E-state index in [1.54, 1.807) is 53.2 Å². The van der Waals surface area contributed by atoms with E-state index < -0.39 is 0 Å². The van der Waals surface area contributed by atoms with Crippen molar-refractivity contribution in [2.75, 3.05) is 0 Å². The zero-order valence-corrected chi connectivity index (χ0v) is 48.4. The summed E-state index contributed by atoms with van der Waals surface area (Å²) in [5.41, 5.74) is 26.1. The van der Waals surface area contributed by atoms with Crippen LogP contribution in [0.5, 0.6) is 11.5 Å². The van der Waals surface area contributed by atoms with E-state index in [4.69, 9.17) is 10.2 Å². The molecular formula is C68H104N2NiO2. The van der Waals surface area contributed by atoms with E-state index in [-0.39, 0.29) is 16.5 Å². The number of para-hydroxylation sites is 2. The molecule has 4 aromatic carbocycles. The Labute approximate surface area is 458 Å². The first kappa shape index (κ1) is 65.2. The molecule has 0 atom stereocenters. The van der Waals surface area contributed by atoms with E-state index in [0.717, 1.165) is 75.6 Å². The second-order valence-corrected chi connectivity index (χ2v) is 21.0. The maximum atomic E-state index is 12.8. The number of aromatic hydroxyl groups is 2. The fourth-order valence-corrected chi connectivity index (χ4v) is 10.2. The molecule has 0 saturated heterocycles. The number of rotatable bonds is 36. The Morgan fingerprint density at radius 3 is 0.795 bits per heavy atom. The molecule has 0 saturated carbocycles. The molecule has 1 aliphatic rings. The van der Waals surface area contributed by atoms with Crippen molar-refractivity contribution < 1.29 is 31.4 Å². The number of nitrogens with zero attached hydrogens (tertiary/aromatic N) is 2. The minimum absolute atomic E-state index is 0. The van der Waals surface area contributed by atoms with Crippen molar-refractivity contribution in [3.8, 4) is 11.5 Å². The van der Waals surface area contributed by atoms with Gasteiger partial charge in [-0.05, 0) is 148 Å². The van der Waals surface area contributed by atoms with Gasteiger partial charge in [-0.2, -0.15) is 0 Å². The largest absolute Gasteiger partial charge is 0.508 e. The van der Waals surface area contributed by atoms with Gasteiger partial charge in [0, 0.05) is 38.8 Å². The third-order valence-electron chi connectivity index (χ3n) is 14.4. The molecule has 73 heavy (non-hydrogen) atoms. The van der Waals surface area contributed by atoms with E-state index in [2.05, 4.69) is 77.9 Å². The third-order valence-corrected chi connectivity index (χ3v) is 14.4. The SMILES string of the molecule is CCCCCCCCc1cc(CCCCCCCC)cc(C2=C(CCCC)C(CCCC)=C(c3cc(CCCCCCCC)cc(CCCCCCCC)c3)[N+]2=[N-])c1.Oc1ccccc1.Oc1ccccc1.[Ni]. The standard InChI is InChI=1S/C56H92N2.2C6H6O.Ni/c1-7-13-19-23-27-31-35-47-41-48(36-32-28-24-20-14-8-2)44-51(43-47)55-53(39-17-11-5)54(40-18-12-6)56(58(55)57)52-45-49(37-33-29-25-21-15-9-3)42-50(46-52)38-34-30-26-22-16-10-4;2*7-6-4-2-1-3-5-6;/h41-46H,7-40H2,1-6H3;2*1-5,7H;. The van der Waals surface area contributed by atoms with E-state index in [1.807, 2.05) is 12.1 Å². The normalized spacial score (nSPS) is 12.1. The summed E-state index contributed by atoms with van der Waals surface area (Å²) >= 11 is 0. The van der Waals surface area contributed by atoms with Gasteiger partial charge in [-0.15, -0.1) is 0 Å². The summed E-state index contributed by atoms with van der Waals surface area (Å²) in [5.74, 6) is 0.644. The minimum atomic E-state index is 0. The van der Waals surface area contributed by atoms with Gasteiger partial charge in [0.05, 0.1) is 0 Å². The number of phenolic OH excluding ortho intramolecular Hbond substituents is 2. The summed E-state index contributed by atoms with van der Waals surface area (Å²) in [4.78, 5) is 0. The summed E-state index contributed by atoms with van der Waals surface area (Å²) in [6.07, 6.45) is 43.0. The number of hydrogen-bond acceptors (Lipinski definition) is 2. The molecule has 0 spiro atoms. The molecule has 5 heteroatoms. The van der Waals surface area contributed by atoms with Gasteiger partial charge in [0.25, 0.3) is 0 Å². The molecule has 0 amide bonds. The quantitative estimate of drug-likeness (QED) is 0.0271. The van der Waals surface area contributed by atoms with E-state index >= 15 is 0 Å². The minimum Gasteiger partial charge on any atom is -0.508 e. The van der Waals surface area contributed by atoms with Crippen LogP contribution in [0.2, 0.25) is 0 Å². The molecule has 2 N–H and O–H groups in total. The molecule has 0 radical (unpaired) electrons. The molecule has 5 rings (SSSR count). The van der Waals surface area contributed by atoms with Crippen molar-refractivity contribution in [3.63, 3.8) is 0 Å². The van der Waals surface area contributed by atoms with Gasteiger partial charge in [-0.25, -0.2) is 4.70 Å². The molecular weight excluding hydrogens is 935 g/mol. The zero-order chi connectivity index (χ0) is 51.9. The predicted molar refractivity (Wildman–Crippen MR) is 314 cm³/mol. The fourth-order valence-electron chi connectivity index (χ4n) is 10.2. The van der Waals surface area contributed by atoms with Gasteiger partial charge in [-0.1, -0.05) is 231 Å². The molecule has 1 heterocycles. The average Bonchev–Trinajstić information content (AvgIpc) is 3.67. The van der Waals surface area contributed by atoms with Crippen molar-refractivity contribution in [3.05, 3.63) is 147 Å². The van der Waals surface area contributed by atoms with Crippen LogP contribution in [0, 0.1) is 0 Å². The number of hydrogen-bond donors (Lipinski definition) is 2. The van der Waals surface area contributed by atoms with Crippen molar-refractivity contribution in [1.82, 2.24) is 0 Å². The van der Waals surface area contributed by atoms with Gasteiger partial charge in [0.2, 0.25) is 11.4 Å². The molecule has 0 aliphatic carbocycles. The second-order valence-electron chi connectivity index (χ2n) is 21.0. The fraction of sp³-hybridized carbons (Fsp3) is 0.588. The summed E-state index contributed by atoms with van der Waals surface area (Å²) in [6, 6.07) is 32.4. The van der Waals surface area contributed by atoms with Crippen LogP contribution in [0.3, 0.4) is 0 Å². The van der Waals surface area contributed by atoms with Gasteiger partial charge in [-0.3, -0.25) is 0 Å². The number of phenols is 2. The number of allylic oxidation sites excluding steroid dienone is 2. The van der Waals surface area contributed by atoms with E-state index in [9.17, 15) is 5.53 Å². The Kier molecular flexibility index (Phi) is 37.8. The maximum Gasteiger partial charge on any atom is 0.211 e. The van der Waals surface area contributed by atoms with Crippen LogP contribution in [-0.2, 0) is 42.2 Å².